The van der Waals surface area contributed by atoms with Gasteiger partial charge in [0.2, 0.25) is 11.8 Å². The van der Waals surface area contributed by atoms with Crippen LogP contribution in [0.5, 0.6) is 5.75 Å². The van der Waals surface area contributed by atoms with Crippen molar-refractivity contribution in [2.75, 3.05) is 37.6 Å². The van der Waals surface area contributed by atoms with Gasteiger partial charge in [-0.15, -0.1) is 11.8 Å². The summed E-state index contributed by atoms with van der Waals surface area (Å²) < 4.78 is 5.11. The number of nitrogens with zero attached hydrogens (tertiary/aromatic N) is 2. The molecule has 1 heterocycles. The fraction of sp³-hybridized carbons (Fsp3) is 0.529. The number of methoxy groups -OCH3 is 1. The fourth-order valence-corrected chi connectivity index (χ4v) is 3.47. The standard InChI is InChI=1S/C17H25N3O3S/c1-12(2)19(3)9-16(21)20-11-24-10-15(20)17(22)18-13-5-7-14(23-4)8-6-13/h5-8,12,15H,9-11H2,1-4H3,(H,18,22). The Morgan fingerprint density at radius 1 is 1.38 bits per heavy atom. The van der Waals surface area contributed by atoms with Gasteiger partial charge in [0, 0.05) is 17.5 Å². The molecule has 2 rings (SSSR count). The van der Waals surface area contributed by atoms with Crippen molar-refractivity contribution in [3.8, 4) is 5.75 Å². The summed E-state index contributed by atoms with van der Waals surface area (Å²) in [5.74, 6) is 1.76. The number of rotatable bonds is 6. The van der Waals surface area contributed by atoms with Crippen LogP contribution in [-0.2, 0) is 9.59 Å². The first-order chi connectivity index (χ1) is 11.4. The molecule has 0 aliphatic carbocycles. The van der Waals surface area contributed by atoms with Crippen molar-refractivity contribution in [1.29, 1.82) is 0 Å². The van der Waals surface area contributed by atoms with Crippen molar-refractivity contribution in [2.45, 2.75) is 25.9 Å². The third-order valence-corrected chi connectivity index (χ3v) is 5.14. The van der Waals surface area contributed by atoms with Crippen molar-refractivity contribution >= 4 is 29.3 Å². The SMILES string of the molecule is COc1ccc(NC(=O)C2CSCN2C(=O)CN(C)C(C)C)cc1. The van der Waals surface area contributed by atoms with Crippen LogP contribution in [0.2, 0.25) is 0 Å². The van der Waals surface area contributed by atoms with E-state index in [9.17, 15) is 9.59 Å². The number of ether oxygens (including phenoxy) is 1. The van der Waals surface area contributed by atoms with Crippen LogP contribution in [0.3, 0.4) is 0 Å². The number of amides is 2. The van der Waals surface area contributed by atoms with Crippen molar-refractivity contribution < 1.29 is 14.3 Å². The van der Waals surface area contributed by atoms with E-state index >= 15 is 0 Å². The molecule has 24 heavy (non-hydrogen) atoms. The number of carbonyl (C=O) groups excluding carboxylic acids is 2. The zero-order chi connectivity index (χ0) is 17.7. The average molecular weight is 351 g/mol. The lowest BCUT2D eigenvalue weighted by molar-refractivity contribution is -0.137. The Kier molecular flexibility index (Phi) is 6.51. The summed E-state index contributed by atoms with van der Waals surface area (Å²) in [6, 6.07) is 7.02. The van der Waals surface area contributed by atoms with E-state index in [1.807, 2.05) is 25.8 Å². The third-order valence-electron chi connectivity index (χ3n) is 4.13. The Morgan fingerprint density at radius 3 is 2.62 bits per heavy atom. The van der Waals surface area contributed by atoms with Crippen molar-refractivity contribution in [3.05, 3.63) is 24.3 Å². The number of anilines is 1. The predicted molar refractivity (Wildman–Crippen MR) is 97.3 cm³/mol. The van der Waals surface area contributed by atoms with Crippen LogP contribution in [0.1, 0.15) is 13.8 Å². The van der Waals surface area contributed by atoms with Gasteiger partial charge in [-0.05, 0) is 45.2 Å². The molecule has 1 aliphatic heterocycles. The van der Waals surface area contributed by atoms with Crippen LogP contribution in [0, 0.1) is 0 Å². The first-order valence-electron chi connectivity index (χ1n) is 7.94. The molecule has 1 saturated heterocycles. The van der Waals surface area contributed by atoms with E-state index < -0.39 is 6.04 Å². The molecule has 0 saturated carbocycles. The van der Waals surface area contributed by atoms with Gasteiger partial charge in [0.25, 0.3) is 0 Å². The van der Waals surface area contributed by atoms with Crippen LogP contribution in [0.25, 0.3) is 0 Å². The van der Waals surface area contributed by atoms with Gasteiger partial charge in [0.15, 0.2) is 0 Å². The Labute approximate surface area is 147 Å². The highest BCUT2D eigenvalue weighted by molar-refractivity contribution is 7.99. The van der Waals surface area contributed by atoms with E-state index in [-0.39, 0.29) is 17.9 Å². The number of thioether (sulfide) groups is 1. The number of benzene rings is 1. The van der Waals surface area contributed by atoms with Gasteiger partial charge >= 0.3 is 0 Å². The Hall–Kier alpha value is -1.73. The molecule has 132 valence electrons. The number of hydrogen-bond donors (Lipinski definition) is 1. The van der Waals surface area contributed by atoms with E-state index in [1.54, 1.807) is 48.0 Å². The molecular weight excluding hydrogens is 326 g/mol. The maximum absolute atomic E-state index is 12.5. The highest BCUT2D eigenvalue weighted by Crippen LogP contribution is 2.23. The Bertz CT molecular complexity index is 577. The summed E-state index contributed by atoms with van der Waals surface area (Å²) in [7, 11) is 3.51. The summed E-state index contributed by atoms with van der Waals surface area (Å²) in [5.41, 5.74) is 0.699. The molecule has 1 fully saturated rings. The maximum Gasteiger partial charge on any atom is 0.248 e. The molecular formula is C17H25N3O3S. The van der Waals surface area contributed by atoms with Gasteiger partial charge in [-0.3, -0.25) is 14.5 Å². The van der Waals surface area contributed by atoms with Crippen LogP contribution in [0.4, 0.5) is 5.69 Å². The molecule has 7 heteroatoms. The Morgan fingerprint density at radius 2 is 2.04 bits per heavy atom. The molecule has 2 amide bonds. The summed E-state index contributed by atoms with van der Waals surface area (Å²) >= 11 is 1.60. The minimum Gasteiger partial charge on any atom is -0.497 e. The van der Waals surface area contributed by atoms with Gasteiger partial charge in [-0.2, -0.15) is 0 Å². The van der Waals surface area contributed by atoms with Crippen LogP contribution >= 0.6 is 11.8 Å². The summed E-state index contributed by atoms with van der Waals surface area (Å²) in [6.45, 7) is 4.41. The predicted octanol–water partition coefficient (Wildman–Crippen LogP) is 1.88. The molecule has 1 aliphatic rings. The van der Waals surface area contributed by atoms with Crippen molar-refractivity contribution in [1.82, 2.24) is 9.80 Å². The number of carbonyl (C=O) groups is 2. The van der Waals surface area contributed by atoms with Crippen LogP contribution in [0.15, 0.2) is 24.3 Å². The third kappa shape index (κ3) is 4.64. The van der Waals surface area contributed by atoms with E-state index in [2.05, 4.69) is 5.32 Å². The highest BCUT2D eigenvalue weighted by Gasteiger charge is 2.35. The second kappa shape index (κ2) is 8.39. The van der Waals surface area contributed by atoms with Gasteiger partial charge in [-0.25, -0.2) is 0 Å². The number of likely N-dealkylation sites (N-methyl/N-ethyl adjacent to an activating group) is 1. The van der Waals surface area contributed by atoms with Crippen molar-refractivity contribution in [3.63, 3.8) is 0 Å². The molecule has 1 unspecified atom stereocenters. The lowest BCUT2D eigenvalue weighted by atomic mass is 10.2. The monoisotopic (exact) mass is 351 g/mol. The summed E-state index contributed by atoms with van der Waals surface area (Å²) in [6.07, 6.45) is 0. The van der Waals surface area contributed by atoms with E-state index in [0.29, 0.717) is 23.9 Å². The lowest BCUT2D eigenvalue weighted by Gasteiger charge is -2.27. The second-order valence-corrected chi connectivity index (χ2v) is 7.11. The second-order valence-electron chi connectivity index (χ2n) is 6.11. The van der Waals surface area contributed by atoms with Gasteiger partial charge in [0.1, 0.15) is 11.8 Å². The fourth-order valence-electron chi connectivity index (χ4n) is 2.29. The maximum atomic E-state index is 12.5. The largest absolute Gasteiger partial charge is 0.497 e. The minimum atomic E-state index is -0.426. The molecule has 1 aromatic carbocycles. The molecule has 0 aromatic heterocycles. The van der Waals surface area contributed by atoms with E-state index in [4.69, 9.17) is 4.74 Å². The molecule has 1 N–H and O–H groups in total. The molecule has 0 spiro atoms. The summed E-state index contributed by atoms with van der Waals surface area (Å²) in [4.78, 5) is 28.7. The highest BCUT2D eigenvalue weighted by atomic mass is 32.2. The van der Waals surface area contributed by atoms with Crippen molar-refractivity contribution in [2.24, 2.45) is 0 Å². The molecule has 0 bridgehead atoms. The van der Waals surface area contributed by atoms with Gasteiger partial charge < -0.3 is 15.0 Å². The molecule has 0 radical (unpaired) electrons. The van der Waals surface area contributed by atoms with Gasteiger partial charge in [0.05, 0.1) is 19.5 Å². The molecule has 6 nitrogen and oxygen atoms in total. The number of hydrogen-bond acceptors (Lipinski definition) is 5. The first-order valence-corrected chi connectivity index (χ1v) is 9.10. The lowest BCUT2D eigenvalue weighted by Crippen LogP contribution is -2.48. The summed E-state index contributed by atoms with van der Waals surface area (Å²) in [5, 5.41) is 2.88. The zero-order valence-corrected chi connectivity index (χ0v) is 15.4. The molecule has 1 atom stereocenters. The molecule has 1 aromatic rings. The zero-order valence-electron chi connectivity index (χ0n) is 14.6. The van der Waals surface area contributed by atoms with E-state index in [0.717, 1.165) is 5.75 Å². The minimum absolute atomic E-state index is 0.00826. The average Bonchev–Trinajstić information content (AvgIpc) is 3.05. The van der Waals surface area contributed by atoms with Crippen LogP contribution in [-0.4, -0.2) is 66.0 Å². The Balaban J connectivity index is 1.98. The van der Waals surface area contributed by atoms with Crippen LogP contribution < -0.4 is 10.1 Å². The smallest absolute Gasteiger partial charge is 0.248 e. The normalized spacial score (nSPS) is 17.4. The topological polar surface area (TPSA) is 61.9 Å². The number of nitrogens with one attached hydrogen (secondary N) is 1. The van der Waals surface area contributed by atoms with Gasteiger partial charge in [-0.1, -0.05) is 0 Å². The first kappa shape index (κ1) is 18.6. The van der Waals surface area contributed by atoms with E-state index in [1.165, 1.54) is 0 Å². The quantitative estimate of drug-likeness (QED) is 0.848.